The highest BCUT2D eigenvalue weighted by Crippen LogP contribution is 2.25. The van der Waals surface area contributed by atoms with E-state index in [2.05, 4.69) is 44.1 Å². The van der Waals surface area contributed by atoms with E-state index in [-0.39, 0.29) is 11.5 Å². The number of para-hydroxylation sites is 1. The molecule has 3 nitrogen and oxygen atoms in total. The Morgan fingerprint density at radius 2 is 1.95 bits per heavy atom. The van der Waals surface area contributed by atoms with E-state index in [0.717, 1.165) is 16.7 Å². The van der Waals surface area contributed by atoms with Gasteiger partial charge in [0.05, 0.1) is 17.1 Å². The van der Waals surface area contributed by atoms with E-state index in [1.807, 2.05) is 30.3 Å². The number of hydrogen-bond donors (Lipinski definition) is 1. The molecule has 19 heavy (non-hydrogen) atoms. The van der Waals surface area contributed by atoms with Crippen molar-refractivity contribution in [3.63, 3.8) is 0 Å². The first kappa shape index (κ1) is 13.4. The van der Waals surface area contributed by atoms with Crippen LogP contribution in [0.4, 0.5) is 5.82 Å². The summed E-state index contributed by atoms with van der Waals surface area (Å²) in [6.45, 7) is 8.66. The van der Waals surface area contributed by atoms with Crippen LogP contribution in [0.25, 0.3) is 10.9 Å². The van der Waals surface area contributed by atoms with Crippen molar-refractivity contribution in [3.05, 3.63) is 35.9 Å². The predicted octanol–water partition coefficient (Wildman–Crippen LogP) is 3.95. The summed E-state index contributed by atoms with van der Waals surface area (Å²) >= 11 is 0. The van der Waals surface area contributed by atoms with Gasteiger partial charge in [0.15, 0.2) is 0 Å². The van der Waals surface area contributed by atoms with Gasteiger partial charge in [-0.05, 0) is 24.5 Å². The largest absolute Gasteiger partial charge is 0.367 e. The number of nitrogens with zero attached hydrogens (tertiary/aromatic N) is 2. The van der Waals surface area contributed by atoms with Crippen LogP contribution in [0.1, 0.15) is 33.3 Å². The zero-order valence-electron chi connectivity index (χ0n) is 11.9. The molecule has 3 heteroatoms. The van der Waals surface area contributed by atoms with E-state index in [9.17, 15) is 5.26 Å². The lowest BCUT2D eigenvalue weighted by Crippen LogP contribution is -2.31. The van der Waals surface area contributed by atoms with Crippen LogP contribution in [-0.4, -0.2) is 11.0 Å². The number of pyridine rings is 1. The lowest BCUT2D eigenvalue weighted by atomic mass is 9.88. The first-order valence-corrected chi connectivity index (χ1v) is 6.48. The summed E-state index contributed by atoms with van der Waals surface area (Å²) < 4.78 is 0. The van der Waals surface area contributed by atoms with Crippen molar-refractivity contribution in [1.29, 1.82) is 5.26 Å². The Labute approximate surface area is 114 Å². The molecule has 1 atom stereocenters. The number of hydrogen-bond acceptors (Lipinski definition) is 3. The lowest BCUT2D eigenvalue weighted by Gasteiger charge is -2.28. The molecule has 1 aromatic carbocycles. The summed E-state index contributed by atoms with van der Waals surface area (Å²) in [5, 5.41) is 13.5. The van der Waals surface area contributed by atoms with Crippen molar-refractivity contribution in [1.82, 2.24) is 4.98 Å². The molecular formula is C16H19N3. The van der Waals surface area contributed by atoms with Crippen molar-refractivity contribution >= 4 is 16.7 Å². The molecule has 2 aromatic rings. The summed E-state index contributed by atoms with van der Waals surface area (Å²) in [6, 6.07) is 12.1. The molecule has 0 aliphatic heterocycles. The molecule has 0 saturated carbocycles. The van der Waals surface area contributed by atoms with Crippen molar-refractivity contribution in [2.45, 2.75) is 33.7 Å². The van der Waals surface area contributed by atoms with Crippen LogP contribution < -0.4 is 5.32 Å². The molecule has 1 heterocycles. The molecule has 0 aliphatic carbocycles. The molecule has 0 bridgehead atoms. The molecule has 0 saturated heterocycles. The van der Waals surface area contributed by atoms with E-state index >= 15 is 0 Å². The number of aromatic nitrogens is 1. The van der Waals surface area contributed by atoms with Gasteiger partial charge in [0.25, 0.3) is 0 Å². The zero-order valence-corrected chi connectivity index (χ0v) is 11.9. The smallest absolute Gasteiger partial charge is 0.128 e. The molecule has 98 valence electrons. The molecule has 1 aromatic heterocycles. The third kappa shape index (κ3) is 2.85. The fraction of sp³-hybridized carbons (Fsp3) is 0.375. The van der Waals surface area contributed by atoms with E-state index in [0.29, 0.717) is 5.56 Å². The lowest BCUT2D eigenvalue weighted by molar-refractivity contribution is 0.359. The van der Waals surface area contributed by atoms with Crippen molar-refractivity contribution < 1.29 is 0 Å². The highest BCUT2D eigenvalue weighted by atomic mass is 15.0. The second kappa shape index (κ2) is 4.89. The molecule has 0 fully saturated rings. The molecule has 0 amide bonds. The number of rotatable bonds is 2. The number of benzene rings is 1. The van der Waals surface area contributed by atoms with Crippen LogP contribution in [0.2, 0.25) is 0 Å². The quantitative estimate of drug-likeness (QED) is 0.881. The Kier molecular flexibility index (Phi) is 3.44. The maximum absolute atomic E-state index is 9.25. The number of nitrogens with one attached hydrogen (secondary N) is 1. The van der Waals surface area contributed by atoms with Gasteiger partial charge in [-0.2, -0.15) is 5.26 Å². The minimum atomic E-state index is 0.139. The zero-order chi connectivity index (χ0) is 14.0. The van der Waals surface area contributed by atoms with E-state index in [4.69, 9.17) is 0 Å². The Morgan fingerprint density at radius 3 is 2.58 bits per heavy atom. The van der Waals surface area contributed by atoms with Gasteiger partial charge in [0, 0.05) is 11.4 Å². The van der Waals surface area contributed by atoms with Gasteiger partial charge in [0.1, 0.15) is 5.82 Å². The standard InChI is InChI=1S/C16H19N3/c1-11(16(2,3)4)18-15-9-12(10-17)13-7-5-6-8-14(13)19-15/h5-9,11H,1-4H3,(H,18,19). The van der Waals surface area contributed by atoms with Gasteiger partial charge in [-0.25, -0.2) is 4.98 Å². The van der Waals surface area contributed by atoms with Gasteiger partial charge < -0.3 is 5.32 Å². The Morgan fingerprint density at radius 1 is 1.26 bits per heavy atom. The third-order valence-electron chi connectivity index (χ3n) is 3.50. The molecule has 2 rings (SSSR count). The summed E-state index contributed by atoms with van der Waals surface area (Å²) in [4.78, 5) is 4.58. The van der Waals surface area contributed by atoms with Crippen molar-refractivity contribution in [3.8, 4) is 6.07 Å². The van der Waals surface area contributed by atoms with E-state index in [1.165, 1.54) is 0 Å². The first-order chi connectivity index (χ1) is 8.91. The van der Waals surface area contributed by atoms with Crippen molar-refractivity contribution in [2.75, 3.05) is 5.32 Å². The summed E-state index contributed by atoms with van der Waals surface area (Å²) in [6.07, 6.45) is 0. The summed E-state index contributed by atoms with van der Waals surface area (Å²) in [7, 11) is 0. The third-order valence-corrected chi connectivity index (χ3v) is 3.50. The minimum absolute atomic E-state index is 0.139. The van der Waals surface area contributed by atoms with Gasteiger partial charge in [-0.15, -0.1) is 0 Å². The first-order valence-electron chi connectivity index (χ1n) is 6.48. The van der Waals surface area contributed by atoms with Crippen LogP contribution in [0.15, 0.2) is 30.3 Å². The average molecular weight is 253 g/mol. The Balaban J connectivity index is 2.43. The second-order valence-electron chi connectivity index (χ2n) is 5.92. The van der Waals surface area contributed by atoms with Crippen LogP contribution in [0, 0.1) is 16.7 Å². The minimum Gasteiger partial charge on any atom is -0.367 e. The fourth-order valence-corrected chi connectivity index (χ4v) is 1.78. The topological polar surface area (TPSA) is 48.7 Å². The van der Waals surface area contributed by atoms with E-state index in [1.54, 1.807) is 0 Å². The fourth-order valence-electron chi connectivity index (χ4n) is 1.78. The number of fused-ring (bicyclic) bond motifs is 1. The Hall–Kier alpha value is -2.08. The normalized spacial score (nSPS) is 13.0. The monoisotopic (exact) mass is 253 g/mol. The van der Waals surface area contributed by atoms with Gasteiger partial charge in [-0.3, -0.25) is 0 Å². The summed E-state index contributed by atoms with van der Waals surface area (Å²) in [5.74, 6) is 0.762. The van der Waals surface area contributed by atoms with Crippen molar-refractivity contribution in [2.24, 2.45) is 5.41 Å². The SMILES string of the molecule is CC(Nc1cc(C#N)c2ccccc2n1)C(C)(C)C. The van der Waals surface area contributed by atoms with E-state index < -0.39 is 0 Å². The van der Waals surface area contributed by atoms with Crippen LogP contribution in [0.3, 0.4) is 0 Å². The highest BCUT2D eigenvalue weighted by Gasteiger charge is 2.20. The molecule has 0 spiro atoms. The molecule has 0 radical (unpaired) electrons. The molecule has 1 N–H and O–H groups in total. The molecular weight excluding hydrogens is 234 g/mol. The number of nitriles is 1. The van der Waals surface area contributed by atoms with Crippen LogP contribution >= 0.6 is 0 Å². The Bertz CT molecular complexity index is 632. The van der Waals surface area contributed by atoms with Gasteiger partial charge in [0.2, 0.25) is 0 Å². The highest BCUT2D eigenvalue weighted by molar-refractivity contribution is 5.86. The van der Waals surface area contributed by atoms with Crippen LogP contribution in [0.5, 0.6) is 0 Å². The maximum atomic E-state index is 9.25. The van der Waals surface area contributed by atoms with Gasteiger partial charge >= 0.3 is 0 Å². The average Bonchev–Trinajstić information content (AvgIpc) is 2.36. The van der Waals surface area contributed by atoms with Crippen LogP contribution in [-0.2, 0) is 0 Å². The number of anilines is 1. The maximum Gasteiger partial charge on any atom is 0.128 e. The second-order valence-corrected chi connectivity index (χ2v) is 5.92. The van der Waals surface area contributed by atoms with Gasteiger partial charge in [-0.1, -0.05) is 39.0 Å². The molecule has 0 aliphatic rings. The molecule has 1 unspecified atom stereocenters. The predicted molar refractivity (Wildman–Crippen MR) is 79.0 cm³/mol. The summed E-state index contributed by atoms with van der Waals surface area (Å²) in [5.41, 5.74) is 1.65.